The molecular formula is C15H11ClF3NO4S. The fraction of sp³-hybridized carbons (Fsp3) is 0.133. The Morgan fingerprint density at radius 2 is 1.80 bits per heavy atom. The summed E-state index contributed by atoms with van der Waals surface area (Å²) in [7, 11) is -4.17. The van der Waals surface area contributed by atoms with Gasteiger partial charge in [-0.05, 0) is 24.3 Å². The molecule has 0 radical (unpaired) electrons. The Morgan fingerprint density at radius 3 is 2.40 bits per heavy atom. The van der Waals surface area contributed by atoms with Crippen molar-refractivity contribution in [1.82, 2.24) is 0 Å². The minimum Gasteiger partial charge on any atom is -0.457 e. The number of sulfonamides is 1. The molecule has 0 aliphatic carbocycles. The molecule has 2 aromatic rings. The van der Waals surface area contributed by atoms with E-state index in [9.17, 15) is 26.4 Å². The van der Waals surface area contributed by atoms with Crippen molar-refractivity contribution in [3.8, 4) is 0 Å². The van der Waals surface area contributed by atoms with Crippen LogP contribution in [0.2, 0.25) is 5.02 Å². The van der Waals surface area contributed by atoms with E-state index in [0.717, 1.165) is 18.2 Å². The van der Waals surface area contributed by atoms with Crippen LogP contribution in [0.4, 0.5) is 13.2 Å². The molecule has 0 spiro atoms. The van der Waals surface area contributed by atoms with Crippen LogP contribution >= 0.6 is 11.6 Å². The number of nitrogens with two attached hydrogens (primary N) is 1. The molecule has 0 heterocycles. The normalized spacial score (nSPS) is 12.0. The average Bonchev–Trinajstić information content (AvgIpc) is 2.51. The van der Waals surface area contributed by atoms with Gasteiger partial charge in [0.2, 0.25) is 10.0 Å². The quantitative estimate of drug-likeness (QED) is 0.807. The van der Waals surface area contributed by atoms with Crippen LogP contribution < -0.4 is 5.14 Å². The van der Waals surface area contributed by atoms with E-state index < -0.39 is 39.2 Å². The van der Waals surface area contributed by atoms with Crippen molar-refractivity contribution in [2.24, 2.45) is 5.14 Å². The van der Waals surface area contributed by atoms with Gasteiger partial charge in [0.05, 0.1) is 16.1 Å². The molecule has 0 unspecified atom stereocenters. The third-order valence-electron chi connectivity index (χ3n) is 3.15. The van der Waals surface area contributed by atoms with Gasteiger partial charge >= 0.3 is 12.1 Å². The molecule has 0 aliphatic heterocycles. The molecular weight excluding hydrogens is 383 g/mol. The smallest absolute Gasteiger partial charge is 0.416 e. The molecule has 0 saturated heterocycles. The summed E-state index contributed by atoms with van der Waals surface area (Å²) in [4.78, 5) is 11.5. The first-order chi connectivity index (χ1) is 11.5. The van der Waals surface area contributed by atoms with Gasteiger partial charge in [-0.3, -0.25) is 0 Å². The van der Waals surface area contributed by atoms with Gasteiger partial charge < -0.3 is 4.74 Å². The van der Waals surface area contributed by atoms with Gasteiger partial charge in [-0.25, -0.2) is 18.4 Å². The van der Waals surface area contributed by atoms with Gasteiger partial charge in [-0.1, -0.05) is 29.8 Å². The maximum atomic E-state index is 12.9. The average molecular weight is 394 g/mol. The lowest BCUT2D eigenvalue weighted by molar-refractivity contribution is -0.138. The van der Waals surface area contributed by atoms with Crippen molar-refractivity contribution in [2.75, 3.05) is 0 Å². The zero-order valence-corrected chi connectivity index (χ0v) is 14.0. The molecule has 2 aromatic carbocycles. The van der Waals surface area contributed by atoms with E-state index in [1.165, 1.54) is 24.3 Å². The van der Waals surface area contributed by atoms with E-state index in [0.29, 0.717) is 0 Å². The topological polar surface area (TPSA) is 86.5 Å². The molecule has 0 amide bonds. The molecule has 2 rings (SSSR count). The molecule has 0 atom stereocenters. The van der Waals surface area contributed by atoms with Crippen molar-refractivity contribution in [1.29, 1.82) is 0 Å². The Balaban J connectivity index is 2.23. The monoisotopic (exact) mass is 393 g/mol. The number of alkyl halides is 3. The van der Waals surface area contributed by atoms with E-state index in [2.05, 4.69) is 0 Å². The van der Waals surface area contributed by atoms with Gasteiger partial charge in [0.15, 0.2) is 0 Å². The maximum absolute atomic E-state index is 12.9. The fourth-order valence-corrected chi connectivity index (χ4v) is 3.07. The Kier molecular flexibility index (Phi) is 5.40. The Hall–Kier alpha value is -2.10. The zero-order valence-electron chi connectivity index (χ0n) is 12.4. The SMILES string of the molecule is NS(=O)(=O)c1cc(C(=O)OCc2ccccc2C(F)(F)F)ccc1Cl. The van der Waals surface area contributed by atoms with E-state index in [1.54, 1.807) is 0 Å². The van der Waals surface area contributed by atoms with Crippen LogP contribution in [0.1, 0.15) is 21.5 Å². The minimum absolute atomic E-state index is 0.193. The Bertz CT molecular complexity index is 913. The van der Waals surface area contributed by atoms with Crippen molar-refractivity contribution in [3.63, 3.8) is 0 Å². The molecule has 0 saturated carbocycles. The first-order valence-electron chi connectivity index (χ1n) is 6.64. The van der Waals surface area contributed by atoms with E-state index in [1.807, 2.05) is 0 Å². The highest BCUT2D eigenvalue weighted by molar-refractivity contribution is 7.89. The first-order valence-corrected chi connectivity index (χ1v) is 8.57. The standard InChI is InChI=1S/C15H11ClF3NO4S/c16-12-6-5-9(7-13(12)25(20,22)23)14(21)24-8-10-3-1-2-4-11(10)15(17,18)19/h1-7H,8H2,(H2,20,22,23). The van der Waals surface area contributed by atoms with Crippen molar-refractivity contribution >= 4 is 27.6 Å². The number of hydrogen-bond donors (Lipinski definition) is 1. The summed E-state index contributed by atoms with van der Waals surface area (Å²) in [6, 6.07) is 7.83. The predicted octanol–water partition coefficient (Wildman–Crippen LogP) is 3.36. The van der Waals surface area contributed by atoms with Gasteiger partial charge in [0.1, 0.15) is 11.5 Å². The lowest BCUT2D eigenvalue weighted by atomic mass is 10.1. The van der Waals surface area contributed by atoms with Crippen molar-refractivity contribution < 1.29 is 31.1 Å². The van der Waals surface area contributed by atoms with Gasteiger partial charge in [0, 0.05) is 5.56 Å². The highest BCUT2D eigenvalue weighted by atomic mass is 35.5. The summed E-state index contributed by atoms with van der Waals surface area (Å²) < 4.78 is 66.3. The maximum Gasteiger partial charge on any atom is 0.416 e. The number of carbonyl (C=O) groups is 1. The van der Waals surface area contributed by atoms with Crippen LogP contribution in [0.15, 0.2) is 47.4 Å². The number of esters is 1. The van der Waals surface area contributed by atoms with Crippen LogP contribution in [-0.4, -0.2) is 14.4 Å². The molecule has 0 bridgehead atoms. The third kappa shape index (κ3) is 4.71. The highest BCUT2D eigenvalue weighted by Gasteiger charge is 2.33. The largest absolute Gasteiger partial charge is 0.457 e. The second kappa shape index (κ2) is 7.03. The van der Waals surface area contributed by atoms with Gasteiger partial charge in [-0.15, -0.1) is 0 Å². The summed E-state index contributed by atoms with van der Waals surface area (Å²) in [5, 5.41) is 4.78. The number of rotatable bonds is 4. The highest BCUT2D eigenvalue weighted by Crippen LogP contribution is 2.32. The lowest BCUT2D eigenvalue weighted by Crippen LogP contribution is -2.15. The zero-order chi connectivity index (χ0) is 18.8. The van der Waals surface area contributed by atoms with E-state index in [4.69, 9.17) is 21.5 Å². The molecule has 25 heavy (non-hydrogen) atoms. The van der Waals surface area contributed by atoms with Crippen molar-refractivity contribution in [3.05, 3.63) is 64.2 Å². The van der Waals surface area contributed by atoms with Crippen LogP contribution in [0.3, 0.4) is 0 Å². The number of benzene rings is 2. The molecule has 0 fully saturated rings. The number of ether oxygens (including phenoxy) is 1. The molecule has 2 N–H and O–H groups in total. The van der Waals surface area contributed by atoms with Crippen LogP contribution in [0.5, 0.6) is 0 Å². The molecule has 0 aromatic heterocycles. The van der Waals surface area contributed by atoms with E-state index in [-0.39, 0.29) is 16.1 Å². The first kappa shape index (κ1) is 19.2. The van der Waals surface area contributed by atoms with Gasteiger partial charge in [0.25, 0.3) is 0 Å². The lowest BCUT2D eigenvalue weighted by Gasteiger charge is -2.13. The third-order valence-corrected chi connectivity index (χ3v) is 4.55. The van der Waals surface area contributed by atoms with Crippen LogP contribution in [0, 0.1) is 0 Å². The Morgan fingerprint density at radius 1 is 1.16 bits per heavy atom. The summed E-state index contributed by atoms with van der Waals surface area (Å²) in [5.74, 6) is -1.02. The van der Waals surface area contributed by atoms with Crippen LogP contribution in [0.25, 0.3) is 0 Å². The van der Waals surface area contributed by atoms with Gasteiger partial charge in [-0.2, -0.15) is 13.2 Å². The second-order valence-electron chi connectivity index (χ2n) is 4.92. The molecule has 5 nitrogen and oxygen atoms in total. The second-order valence-corrected chi connectivity index (χ2v) is 6.86. The number of carbonyl (C=O) groups excluding carboxylic acids is 1. The predicted molar refractivity (Wildman–Crippen MR) is 83.4 cm³/mol. The van der Waals surface area contributed by atoms with E-state index >= 15 is 0 Å². The Labute approximate surface area is 146 Å². The number of primary sulfonamides is 1. The minimum atomic E-state index is -4.59. The molecule has 134 valence electrons. The summed E-state index contributed by atoms with van der Waals surface area (Å²) in [6.45, 7) is -0.637. The summed E-state index contributed by atoms with van der Waals surface area (Å²) in [6.07, 6.45) is -4.59. The fourth-order valence-electron chi connectivity index (χ4n) is 2.00. The summed E-state index contributed by atoms with van der Waals surface area (Å²) >= 11 is 5.69. The number of hydrogen-bond acceptors (Lipinski definition) is 4. The van der Waals surface area contributed by atoms with Crippen molar-refractivity contribution in [2.45, 2.75) is 17.7 Å². The number of halogens is 4. The van der Waals surface area contributed by atoms with Crippen LogP contribution in [-0.2, 0) is 27.5 Å². The molecule has 0 aliphatic rings. The summed E-state index contributed by atoms with van der Waals surface area (Å²) in [5.41, 5.74) is -1.37. The molecule has 10 heteroatoms.